The van der Waals surface area contributed by atoms with Crippen molar-refractivity contribution in [1.29, 1.82) is 0 Å². The topological polar surface area (TPSA) is 51.6 Å². The second kappa shape index (κ2) is 36.7. The molecular formula is C82H76Ir4N4-4. The van der Waals surface area contributed by atoms with Crippen molar-refractivity contribution in [1.82, 2.24) is 19.9 Å². The molecule has 0 fully saturated rings. The molecule has 0 spiro atoms. The maximum absolute atomic E-state index is 4.49. The largest absolute Gasteiger partial charge is 0.305 e. The van der Waals surface area contributed by atoms with Crippen molar-refractivity contribution in [2.75, 3.05) is 0 Å². The minimum atomic E-state index is 0. The maximum Gasteiger partial charge on any atom is 0.0160 e. The van der Waals surface area contributed by atoms with Gasteiger partial charge in [0.2, 0.25) is 0 Å². The minimum absolute atomic E-state index is 0. The Kier molecular flexibility index (Phi) is 30.1. The number of pyridine rings is 4. The number of nitrogens with zero attached hydrogens (tertiary/aromatic N) is 4. The molecule has 12 aromatic rings. The first-order valence-electron chi connectivity index (χ1n) is 30.0. The average molecular weight is 1890 g/mol. The third kappa shape index (κ3) is 21.0. The zero-order valence-electron chi connectivity index (χ0n) is 52.8. The van der Waals surface area contributed by atoms with E-state index in [9.17, 15) is 0 Å². The van der Waals surface area contributed by atoms with Crippen LogP contribution in [0.1, 0.15) is 97.9 Å². The molecule has 4 radical (unpaired) electrons. The van der Waals surface area contributed by atoms with Gasteiger partial charge in [-0.3, -0.25) is 0 Å². The Balaban J connectivity index is 0.000000216. The predicted molar refractivity (Wildman–Crippen MR) is 362 cm³/mol. The molecule has 4 nitrogen and oxygen atoms in total. The molecule has 0 N–H and O–H groups in total. The van der Waals surface area contributed by atoms with Crippen LogP contribution in [0.25, 0.3) is 89.5 Å². The summed E-state index contributed by atoms with van der Waals surface area (Å²) in [6, 6.07) is 89.4. The minimum Gasteiger partial charge on any atom is -0.305 e. The molecule has 0 unspecified atom stereocenters. The van der Waals surface area contributed by atoms with Crippen molar-refractivity contribution < 1.29 is 80.4 Å². The van der Waals surface area contributed by atoms with Crippen molar-refractivity contribution >= 4 is 0 Å². The van der Waals surface area contributed by atoms with Gasteiger partial charge in [-0.05, 0) is 130 Å². The molecule has 464 valence electrons. The van der Waals surface area contributed by atoms with Gasteiger partial charge in [0.25, 0.3) is 0 Å². The van der Waals surface area contributed by atoms with Gasteiger partial charge in [0.1, 0.15) is 0 Å². The average Bonchev–Trinajstić information content (AvgIpc) is 1.15. The van der Waals surface area contributed by atoms with Gasteiger partial charge in [-0.15, -0.1) is 141 Å². The Morgan fingerprint density at radius 2 is 0.656 bits per heavy atom. The van der Waals surface area contributed by atoms with E-state index >= 15 is 0 Å². The van der Waals surface area contributed by atoms with Crippen molar-refractivity contribution in [3.8, 4) is 89.5 Å². The van der Waals surface area contributed by atoms with Crippen molar-refractivity contribution in [3.63, 3.8) is 0 Å². The summed E-state index contributed by atoms with van der Waals surface area (Å²) >= 11 is 0. The molecule has 0 aliphatic heterocycles. The molecule has 8 heteroatoms. The zero-order valence-corrected chi connectivity index (χ0v) is 62.4. The molecular weight excluding hydrogens is 1810 g/mol. The number of hydrogen-bond acceptors (Lipinski definition) is 4. The van der Waals surface area contributed by atoms with Gasteiger partial charge in [0, 0.05) is 105 Å². The third-order valence-corrected chi connectivity index (χ3v) is 14.9. The van der Waals surface area contributed by atoms with Crippen LogP contribution in [-0.2, 0) is 93.3 Å². The van der Waals surface area contributed by atoms with Gasteiger partial charge in [-0.1, -0.05) is 200 Å². The number of rotatable bonds is 12. The third-order valence-electron chi connectivity index (χ3n) is 14.9. The second-order valence-electron chi connectivity index (χ2n) is 22.5. The molecule has 0 saturated heterocycles. The fourth-order valence-electron chi connectivity index (χ4n) is 10.3. The van der Waals surface area contributed by atoms with E-state index in [1.807, 2.05) is 116 Å². The normalized spacial score (nSPS) is 10.3. The Bertz CT molecular complexity index is 3990. The molecule has 0 atom stereocenters. The van der Waals surface area contributed by atoms with Crippen LogP contribution < -0.4 is 0 Å². The summed E-state index contributed by atoms with van der Waals surface area (Å²) in [5.41, 5.74) is 28.3. The molecule has 12 rings (SSSR count). The summed E-state index contributed by atoms with van der Waals surface area (Å²) in [5.74, 6) is 1.04. The first-order chi connectivity index (χ1) is 41.8. The van der Waals surface area contributed by atoms with Gasteiger partial charge in [-0.2, -0.15) is 0 Å². The Morgan fingerprint density at radius 1 is 0.311 bits per heavy atom. The van der Waals surface area contributed by atoms with Gasteiger partial charge < -0.3 is 19.9 Å². The number of aryl methyl sites for hydroxylation is 6. The second-order valence-corrected chi connectivity index (χ2v) is 22.5. The van der Waals surface area contributed by atoms with Crippen molar-refractivity contribution in [3.05, 3.63) is 312 Å². The van der Waals surface area contributed by atoms with Gasteiger partial charge in [0.15, 0.2) is 0 Å². The van der Waals surface area contributed by atoms with Crippen molar-refractivity contribution in [2.24, 2.45) is 0 Å². The van der Waals surface area contributed by atoms with Crippen LogP contribution in [0.15, 0.2) is 243 Å². The van der Waals surface area contributed by atoms with Gasteiger partial charge >= 0.3 is 0 Å². The Hall–Kier alpha value is -7.04. The Labute approximate surface area is 590 Å². The summed E-state index contributed by atoms with van der Waals surface area (Å²) in [7, 11) is 0. The van der Waals surface area contributed by atoms with E-state index in [4.69, 9.17) is 0 Å². The zero-order chi connectivity index (χ0) is 60.4. The molecule has 0 amide bonds. The molecule has 4 aromatic heterocycles. The smallest absolute Gasteiger partial charge is 0.0160 e. The standard InChI is InChI=1S/C24H26N.C21H20N.C19H16N.C18H14N.4Ir/c1-16(2)19-12-20(17(3)4)14-22(13-19)21-10-18(5)11-23(15-21)24-8-6-7-9-25-24;1-3-16-12-17(4-2)14-20(13-16)18-8-7-9-19(15-18)21-10-5-6-11-22-21;1-14-10-15(2)12-18(11-14)16-6-5-7-17(13-16)19-8-3-4-9-20-19;1-14-11-16(15-7-3-2-4-8-15)13-17(12-14)18-9-5-6-10-19-18;;;;/h6-10,12-17H,1-5H3;5-8,10-15H,3-4H2,1-2H3;3-6,8-13H,1-2H3;2-11,13H,1H3;;;;/q4*-1;;;;. The predicted octanol–water partition coefficient (Wildman–Crippen LogP) is 21.5. The summed E-state index contributed by atoms with van der Waals surface area (Å²) < 4.78 is 0. The molecule has 0 bridgehead atoms. The Morgan fingerprint density at radius 3 is 1.03 bits per heavy atom. The van der Waals surface area contributed by atoms with Crippen LogP contribution in [0.2, 0.25) is 0 Å². The van der Waals surface area contributed by atoms with E-state index in [2.05, 4.69) is 241 Å². The van der Waals surface area contributed by atoms with Crippen LogP contribution in [0.3, 0.4) is 0 Å². The first-order valence-corrected chi connectivity index (χ1v) is 30.0. The van der Waals surface area contributed by atoms with Crippen LogP contribution >= 0.6 is 0 Å². The van der Waals surface area contributed by atoms with Gasteiger partial charge in [-0.25, -0.2) is 0 Å². The fraction of sp³-hybridized carbons (Fsp3) is 0.171. The van der Waals surface area contributed by atoms with Gasteiger partial charge in [0.05, 0.1) is 0 Å². The van der Waals surface area contributed by atoms with E-state index in [1.165, 1.54) is 77.9 Å². The van der Waals surface area contributed by atoms with Crippen LogP contribution in [-0.4, -0.2) is 19.9 Å². The van der Waals surface area contributed by atoms with E-state index in [-0.39, 0.29) is 80.4 Å². The fourth-order valence-corrected chi connectivity index (χ4v) is 10.3. The quantitative estimate of drug-likeness (QED) is 0.114. The van der Waals surface area contributed by atoms with E-state index < -0.39 is 0 Å². The monoisotopic (exact) mass is 1890 g/mol. The molecule has 4 heterocycles. The van der Waals surface area contributed by atoms with E-state index in [1.54, 1.807) is 0 Å². The maximum atomic E-state index is 4.49. The number of hydrogen-bond donors (Lipinski definition) is 0. The van der Waals surface area contributed by atoms with Crippen LogP contribution in [0.5, 0.6) is 0 Å². The molecule has 8 aromatic carbocycles. The summed E-state index contributed by atoms with van der Waals surface area (Å²) in [6.45, 7) is 21.9. The van der Waals surface area contributed by atoms with E-state index in [0.717, 1.165) is 69.0 Å². The van der Waals surface area contributed by atoms with Crippen LogP contribution in [0, 0.1) is 52.0 Å². The summed E-state index contributed by atoms with van der Waals surface area (Å²) in [4.78, 5) is 17.7. The molecule has 0 aliphatic carbocycles. The molecule has 90 heavy (non-hydrogen) atoms. The SMILES string of the molecule is CCc1cc(CC)cc(-c2cc[c-]c(-c3ccccn3)c2)c1.Cc1[c-]c(-c2ccccn2)cc(-c2cc(C(C)C)cc(C(C)C)c2)c1.Cc1[c-]c(-c2ccccn2)cc(-c2ccccc2)c1.Cc1cc(C)cc(-c2cc[c-]c(-c3ccccn3)c2)c1.[Ir].[Ir].[Ir].[Ir]. The van der Waals surface area contributed by atoms with E-state index in [0.29, 0.717) is 11.8 Å². The molecule has 0 saturated carbocycles. The molecule has 0 aliphatic rings. The summed E-state index contributed by atoms with van der Waals surface area (Å²) in [5, 5.41) is 0. The number of benzene rings is 8. The van der Waals surface area contributed by atoms with Crippen LogP contribution in [0.4, 0.5) is 0 Å². The first kappa shape index (κ1) is 73.7. The number of aromatic nitrogens is 4. The summed E-state index contributed by atoms with van der Waals surface area (Å²) in [6.07, 6.45) is 9.41. The van der Waals surface area contributed by atoms with Crippen molar-refractivity contribution in [2.45, 2.75) is 93.9 Å².